The van der Waals surface area contributed by atoms with Gasteiger partial charge in [-0.25, -0.2) is 9.37 Å². The Balaban J connectivity index is 2.15. The second-order valence-corrected chi connectivity index (χ2v) is 7.89. The number of halogens is 1. The van der Waals surface area contributed by atoms with E-state index >= 15 is 0 Å². The van der Waals surface area contributed by atoms with Crippen molar-refractivity contribution in [2.24, 2.45) is 5.41 Å². The second kappa shape index (κ2) is 5.91. The molecule has 2 rings (SSSR count). The predicted molar refractivity (Wildman–Crippen MR) is 86.0 cm³/mol. The smallest absolute Gasteiger partial charge is 0.141 e. The maximum Gasteiger partial charge on any atom is 0.141 e. The average Bonchev–Trinajstić information content (AvgIpc) is 2.36. The minimum Gasteiger partial charge on any atom is -0.356 e. The molecule has 0 amide bonds. The summed E-state index contributed by atoms with van der Waals surface area (Å²) in [4.78, 5) is 6.66. The first kappa shape index (κ1) is 16.2. The second-order valence-electron chi connectivity index (χ2n) is 7.89. The van der Waals surface area contributed by atoms with E-state index in [4.69, 9.17) is 0 Å². The van der Waals surface area contributed by atoms with Crippen LogP contribution in [0.3, 0.4) is 0 Å². The number of hydrogen-bond acceptors (Lipinski definition) is 3. The van der Waals surface area contributed by atoms with Gasteiger partial charge >= 0.3 is 0 Å². The summed E-state index contributed by atoms with van der Waals surface area (Å²) < 4.78 is 13.5. The SMILES string of the molecule is CC1(C)CCN(c2ncc(F)cc2CNC(C)(C)C)CC1. The van der Waals surface area contributed by atoms with E-state index < -0.39 is 0 Å². The van der Waals surface area contributed by atoms with E-state index in [9.17, 15) is 4.39 Å². The molecule has 0 spiro atoms. The maximum absolute atomic E-state index is 13.5. The molecule has 118 valence electrons. The molecule has 2 heterocycles. The van der Waals surface area contributed by atoms with Crippen LogP contribution in [0.15, 0.2) is 12.3 Å². The Bertz CT molecular complexity index is 481. The van der Waals surface area contributed by atoms with Crippen molar-refractivity contribution >= 4 is 5.82 Å². The molecule has 0 radical (unpaired) electrons. The third kappa shape index (κ3) is 4.67. The number of rotatable bonds is 3. The molecule has 1 aromatic rings. The Labute approximate surface area is 127 Å². The van der Waals surface area contributed by atoms with E-state index in [1.54, 1.807) is 6.07 Å². The Morgan fingerprint density at radius 3 is 2.48 bits per heavy atom. The fourth-order valence-electron chi connectivity index (χ4n) is 2.57. The van der Waals surface area contributed by atoms with Crippen molar-refractivity contribution in [3.63, 3.8) is 0 Å². The molecule has 21 heavy (non-hydrogen) atoms. The lowest BCUT2D eigenvalue weighted by Crippen LogP contribution is -2.39. The van der Waals surface area contributed by atoms with Gasteiger partial charge in [-0.2, -0.15) is 0 Å². The predicted octanol–water partition coefficient (Wildman–Crippen LogP) is 3.74. The topological polar surface area (TPSA) is 28.2 Å². The van der Waals surface area contributed by atoms with Crippen LogP contribution in [0.5, 0.6) is 0 Å². The molecule has 0 unspecified atom stereocenters. The zero-order valence-electron chi connectivity index (χ0n) is 14.0. The number of anilines is 1. The summed E-state index contributed by atoms with van der Waals surface area (Å²) in [5, 5.41) is 3.43. The summed E-state index contributed by atoms with van der Waals surface area (Å²) >= 11 is 0. The first-order chi connectivity index (χ1) is 9.66. The number of piperidine rings is 1. The van der Waals surface area contributed by atoms with E-state index in [0.717, 1.165) is 37.3 Å². The summed E-state index contributed by atoms with van der Waals surface area (Å²) in [5.41, 5.74) is 1.36. The van der Waals surface area contributed by atoms with E-state index in [2.05, 4.69) is 49.8 Å². The van der Waals surface area contributed by atoms with Crippen LogP contribution in [-0.4, -0.2) is 23.6 Å². The van der Waals surface area contributed by atoms with Crippen LogP contribution in [-0.2, 0) is 6.54 Å². The molecule has 0 aliphatic carbocycles. The fraction of sp³-hybridized carbons (Fsp3) is 0.706. The number of nitrogens with zero attached hydrogens (tertiary/aromatic N) is 2. The number of hydrogen-bond donors (Lipinski definition) is 1. The largest absolute Gasteiger partial charge is 0.356 e. The summed E-state index contributed by atoms with van der Waals surface area (Å²) in [5.74, 6) is 0.672. The number of nitrogens with one attached hydrogen (secondary N) is 1. The van der Waals surface area contributed by atoms with Gasteiger partial charge in [0.25, 0.3) is 0 Å². The lowest BCUT2D eigenvalue weighted by atomic mass is 9.82. The highest BCUT2D eigenvalue weighted by atomic mass is 19.1. The zero-order valence-corrected chi connectivity index (χ0v) is 14.0. The molecule has 0 bridgehead atoms. The van der Waals surface area contributed by atoms with Crippen LogP contribution in [0, 0.1) is 11.2 Å². The van der Waals surface area contributed by atoms with Crippen molar-refractivity contribution in [3.05, 3.63) is 23.6 Å². The maximum atomic E-state index is 13.5. The third-order valence-corrected chi connectivity index (χ3v) is 4.14. The normalized spacial score (nSPS) is 18.9. The highest BCUT2D eigenvalue weighted by molar-refractivity contribution is 5.47. The molecule has 1 aliphatic rings. The fourth-order valence-corrected chi connectivity index (χ4v) is 2.57. The molecule has 1 saturated heterocycles. The Hall–Kier alpha value is -1.16. The van der Waals surface area contributed by atoms with Crippen LogP contribution in [0.25, 0.3) is 0 Å². The van der Waals surface area contributed by atoms with Gasteiger partial charge < -0.3 is 10.2 Å². The van der Waals surface area contributed by atoms with Gasteiger partial charge in [-0.05, 0) is 45.1 Å². The Morgan fingerprint density at radius 2 is 1.90 bits per heavy atom. The van der Waals surface area contributed by atoms with E-state index in [-0.39, 0.29) is 11.4 Å². The molecule has 4 heteroatoms. The van der Waals surface area contributed by atoms with Gasteiger partial charge in [-0.15, -0.1) is 0 Å². The van der Waals surface area contributed by atoms with E-state index in [0.29, 0.717) is 12.0 Å². The molecule has 3 nitrogen and oxygen atoms in total. The van der Waals surface area contributed by atoms with Crippen molar-refractivity contribution in [1.29, 1.82) is 0 Å². The van der Waals surface area contributed by atoms with Crippen LogP contribution < -0.4 is 10.2 Å². The van der Waals surface area contributed by atoms with Gasteiger partial charge in [-0.1, -0.05) is 13.8 Å². The van der Waals surface area contributed by atoms with Gasteiger partial charge in [0.05, 0.1) is 6.20 Å². The standard InChI is InChI=1S/C17H28FN3/c1-16(2,3)20-11-13-10-14(18)12-19-15(13)21-8-6-17(4,5)7-9-21/h10,12,20H,6-9,11H2,1-5H3. The lowest BCUT2D eigenvalue weighted by molar-refractivity contribution is 0.278. The molecular weight excluding hydrogens is 265 g/mol. The summed E-state index contributed by atoms with van der Waals surface area (Å²) in [6, 6.07) is 1.61. The molecule has 1 N–H and O–H groups in total. The minimum atomic E-state index is -0.262. The Morgan fingerprint density at radius 1 is 1.29 bits per heavy atom. The van der Waals surface area contributed by atoms with Gasteiger partial charge in [0.15, 0.2) is 0 Å². The summed E-state index contributed by atoms with van der Waals surface area (Å²) in [6.07, 6.45) is 3.63. The van der Waals surface area contributed by atoms with Crippen LogP contribution in [0.2, 0.25) is 0 Å². The van der Waals surface area contributed by atoms with E-state index in [1.165, 1.54) is 6.20 Å². The third-order valence-electron chi connectivity index (χ3n) is 4.14. The molecule has 1 aromatic heterocycles. The first-order valence-electron chi connectivity index (χ1n) is 7.81. The first-order valence-corrected chi connectivity index (χ1v) is 7.81. The van der Waals surface area contributed by atoms with Crippen molar-refractivity contribution in [2.75, 3.05) is 18.0 Å². The van der Waals surface area contributed by atoms with Crippen molar-refractivity contribution < 1.29 is 4.39 Å². The monoisotopic (exact) mass is 293 g/mol. The average molecular weight is 293 g/mol. The number of pyridine rings is 1. The Kier molecular flexibility index (Phi) is 4.57. The van der Waals surface area contributed by atoms with E-state index in [1.807, 2.05) is 0 Å². The van der Waals surface area contributed by atoms with Crippen LogP contribution in [0.1, 0.15) is 53.0 Å². The van der Waals surface area contributed by atoms with Gasteiger partial charge in [-0.3, -0.25) is 0 Å². The molecule has 1 aliphatic heterocycles. The van der Waals surface area contributed by atoms with Crippen molar-refractivity contribution in [1.82, 2.24) is 10.3 Å². The van der Waals surface area contributed by atoms with Gasteiger partial charge in [0.2, 0.25) is 0 Å². The van der Waals surface area contributed by atoms with Crippen molar-refractivity contribution in [2.45, 2.75) is 59.5 Å². The number of aromatic nitrogens is 1. The molecule has 1 fully saturated rings. The summed E-state index contributed by atoms with van der Waals surface area (Å²) in [7, 11) is 0. The quantitative estimate of drug-likeness (QED) is 0.920. The molecular formula is C17H28FN3. The zero-order chi connectivity index (χ0) is 15.7. The highest BCUT2D eigenvalue weighted by Gasteiger charge is 2.27. The minimum absolute atomic E-state index is 0.00742. The van der Waals surface area contributed by atoms with Crippen LogP contribution in [0.4, 0.5) is 10.2 Å². The van der Waals surface area contributed by atoms with Gasteiger partial charge in [0, 0.05) is 30.7 Å². The lowest BCUT2D eigenvalue weighted by Gasteiger charge is -2.38. The highest BCUT2D eigenvalue weighted by Crippen LogP contribution is 2.32. The molecule has 0 aromatic carbocycles. The summed E-state index contributed by atoms with van der Waals surface area (Å²) in [6.45, 7) is 13.6. The molecule has 0 atom stereocenters. The van der Waals surface area contributed by atoms with Gasteiger partial charge in [0.1, 0.15) is 11.6 Å². The molecule has 0 saturated carbocycles. The van der Waals surface area contributed by atoms with Crippen LogP contribution >= 0.6 is 0 Å². The van der Waals surface area contributed by atoms with Crippen molar-refractivity contribution in [3.8, 4) is 0 Å².